The number of thiophene rings is 1. The summed E-state index contributed by atoms with van der Waals surface area (Å²) in [6, 6.07) is 10.8. The Bertz CT molecular complexity index is 692. The van der Waals surface area contributed by atoms with Crippen molar-refractivity contribution in [1.82, 2.24) is 4.72 Å². The average Bonchev–Trinajstić information content (AvgIpc) is 3.00. The van der Waals surface area contributed by atoms with E-state index < -0.39 is 10.0 Å². The fraction of sp³-hybridized carbons (Fsp3) is 0.333. The second-order valence-electron chi connectivity index (χ2n) is 5.50. The largest absolute Gasteiger partial charge is 0.326 e. The summed E-state index contributed by atoms with van der Waals surface area (Å²) in [6.45, 7) is 4.59. The van der Waals surface area contributed by atoms with E-state index in [0.29, 0.717) is 12.1 Å². The van der Waals surface area contributed by atoms with Gasteiger partial charge in [0.05, 0.1) is 4.90 Å². The lowest BCUT2D eigenvalue weighted by Gasteiger charge is -2.24. The highest BCUT2D eigenvalue weighted by molar-refractivity contribution is 7.89. The summed E-state index contributed by atoms with van der Waals surface area (Å²) in [7, 11) is -3.55. The van der Waals surface area contributed by atoms with Crippen LogP contribution < -0.4 is 10.5 Å². The third-order valence-electron chi connectivity index (χ3n) is 3.37. The molecule has 1 heterocycles. The van der Waals surface area contributed by atoms with Crippen molar-refractivity contribution in [2.24, 2.45) is 5.73 Å². The lowest BCUT2D eigenvalue weighted by Crippen LogP contribution is -2.36. The van der Waals surface area contributed by atoms with Crippen LogP contribution in [0.2, 0.25) is 0 Å². The van der Waals surface area contributed by atoms with Crippen molar-refractivity contribution >= 4 is 21.4 Å². The molecule has 3 N–H and O–H groups in total. The monoisotopic (exact) mass is 324 g/mol. The maximum Gasteiger partial charge on any atom is 0.240 e. The number of rotatable bonds is 6. The topological polar surface area (TPSA) is 72.2 Å². The van der Waals surface area contributed by atoms with Crippen LogP contribution in [-0.4, -0.2) is 15.0 Å². The van der Waals surface area contributed by atoms with E-state index in [0.717, 1.165) is 4.88 Å². The SMILES string of the molecule is CC(C)(CNS(=O)(=O)c1ccccc1CN)c1cccs1. The molecule has 0 aliphatic heterocycles. The van der Waals surface area contributed by atoms with Crippen LogP contribution >= 0.6 is 11.3 Å². The number of hydrogen-bond donors (Lipinski definition) is 2. The summed E-state index contributed by atoms with van der Waals surface area (Å²) in [6.07, 6.45) is 0. The molecule has 2 aromatic rings. The van der Waals surface area contributed by atoms with Gasteiger partial charge in [-0.2, -0.15) is 0 Å². The lowest BCUT2D eigenvalue weighted by molar-refractivity contribution is 0.509. The van der Waals surface area contributed by atoms with E-state index in [2.05, 4.69) is 4.72 Å². The molecule has 1 aromatic heterocycles. The van der Waals surface area contributed by atoms with Gasteiger partial charge < -0.3 is 5.73 Å². The van der Waals surface area contributed by atoms with E-state index in [4.69, 9.17) is 5.73 Å². The summed E-state index contributed by atoms with van der Waals surface area (Å²) in [5.74, 6) is 0. The maximum atomic E-state index is 12.5. The van der Waals surface area contributed by atoms with Crippen molar-refractivity contribution in [2.45, 2.75) is 30.7 Å². The fourth-order valence-corrected chi connectivity index (χ4v) is 4.35. The van der Waals surface area contributed by atoms with E-state index in [1.807, 2.05) is 31.4 Å². The van der Waals surface area contributed by atoms with Crippen LogP contribution in [0.15, 0.2) is 46.7 Å². The molecule has 1 aromatic carbocycles. The summed E-state index contributed by atoms with van der Waals surface area (Å²) in [5, 5.41) is 2.00. The highest BCUT2D eigenvalue weighted by atomic mass is 32.2. The van der Waals surface area contributed by atoms with Gasteiger partial charge in [0.2, 0.25) is 10.0 Å². The number of hydrogen-bond acceptors (Lipinski definition) is 4. The Kier molecular flexibility index (Phi) is 4.83. The number of benzene rings is 1. The Morgan fingerprint density at radius 2 is 1.90 bits per heavy atom. The van der Waals surface area contributed by atoms with E-state index in [1.54, 1.807) is 35.6 Å². The Morgan fingerprint density at radius 3 is 2.52 bits per heavy atom. The van der Waals surface area contributed by atoms with Crippen LogP contribution in [0.5, 0.6) is 0 Å². The Labute approximate surface area is 130 Å². The van der Waals surface area contributed by atoms with Crippen molar-refractivity contribution in [2.75, 3.05) is 6.54 Å². The van der Waals surface area contributed by atoms with E-state index in [9.17, 15) is 8.42 Å². The molecule has 0 amide bonds. The molecule has 0 spiro atoms. The molecule has 0 atom stereocenters. The van der Waals surface area contributed by atoms with E-state index >= 15 is 0 Å². The van der Waals surface area contributed by atoms with Crippen molar-refractivity contribution in [3.63, 3.8) is 0 Å². The van der Waals surface area contributed by atoms with Gasteiger partial charge in [-0.1, -0.05) is 38.1 Å². The fourth-order valence-electron chi connectivity index (χ4n) is 2.04. The predicted molar refractivity (Wildman–Crippen MR) is 86.9 cm³/mol. The molecule has 0 fully saturated rings. The van der Waals surface area contributed by atoms with E-state index in [-0.39, 0.29) is 16.9 Å². The van der Waals surface area contributed by atoms with Crippen molar-refractivity contribution in [1.29, 1.82) is 0 Å². The highest BCUT2D eigenvalue weighted by Crippen LogP contribution is 2.27. The van der Waals surface area contributed by atoms with Crippen LogP contribution in [0.4, 0.5) is 0 Å². The van der Waals surface area contributed by atoms with Crippen LogP contribution in [0.1, 0.15) is 24.3 Å². The van der Waals surface area contributed by atoms with Gasteiger partial charge >= 0.3 is 0 Å². The minimum absolute atomic E-state index is 0.200. The molecule has 114 valence electrons. The second-order valence-corrected chi connectivity index (χ2v) is 8.18. The number of sulfonamides is 1. The Balaban J connectivity index is 2.19. The van der Waals surface area contributed by atoms with Crippen molar-refractivity contribution in [3.05, 3.63) is 52.2 Å². The van der Waals surface area contributed by atoms with Crippen LogP contribution in [0, 0.1) is 0 Å². The first-order valence-electron chi connectivity index (χ1n) is 6.68. The van der Waals surface area contributed by atoms with Gasteiger partial charge in [-0.3, -0.25) is 0 Å². The highest BCUT2D eigenvalue weighted by Gasteiger charge is 2.25. The standard InChI is InChI=1S/C15H20N2O2S2/c1-15(2,14-8-5-9-20-14)11-17-21(18,19)13-7-4-3-6-12(13)10-16/h3-9,17H,10-11,16H2,1-2H3. The molecule has 2 rings (SSSR count). The molecule has 0 aliphatic rings. The zero-order valence-corrected chi connectivity index (χ0v) is 13.8. The average molecular weight is 324 g/mol. The minimum Gasteiger partial charge on any atom is -0.326 e. The second kappa shape index (κ2) is 6.27. The molecule has 21 heavy (non-hydrogen) atoms. The Morgan fingerprint density at radius 1 is 1.19 bits per heavy atom. The first kappa shape index (κ1) is 16.2. The van der Waals surface area contributed by atoms with Gasteiger partial charge in [-0.25, -0.2) is 13.1 Å². The van der Waals surface area contributed by atoms with Crippen molar-refractivity contribution in [3.8, 4) is 0 Å². The quantitative estimate of drug-likeness (QED) is 0.857. The predicted octanol–water partition coefficient (Wildman–Crippen LogP) is 2.46. The summed E-state index contributed by atoms with van der Waals surface area (Å²) < 4.78 is 27.6. The summed E-state index contributed by atoms with van der Waals surface area (Å²) in [4.78, 5) is 1.41. The third kappa shape index (κ3) is 3.71. The molecule has 4 nitrogen and oxygen atoms in total. The normalized spacial score (nSPS) is 12.5. The summed E-state index contributed by atoms with van der Waals surface area (Å²) >= 11 is 1.63. The zero-order chi connectivity index (χ0) is 15.5. The van der Waals surface area contributed by atoms with Crippen LogP contribution in [-0.2, 0) is 22.0 Å². The van der Waals surface area contributed by atoms with E-state index in [1.165, 1.54) is 0 Å². The first-order chi connectivity index (χ1) is 9.87. The van der Waals surface area contributed by atoms with Gasteiger partial charge in [0.15, 0.2) is 0 Å². The molecule has 0 unspecified atom stereocenters. The van der Waals surface area contributed by atoms with Gasteiger partial charge in [0, 0.05) is 23.4 Å². The first-order valence-corrected chi connectivity index (χ1v) is 9.05. The van der Waals surface area contributed by atoms with Gasteiger partial charge in [0.1, 0.15) is 0 Å². The van der Waals surface area contributed by atoms with Gasteiger partial charge in [-0.05, 0) is 23.1 Å². The van der Waals surface area contributed by atoms with Gasteiger partial charge in [-0.15, -0.1) is 11.3 Å². The smallest absolute Gasteiger partial charge is 0.240 e. The third-order valence-corrected chi connectivity index (χ3v) is 6.11. The molecule has 6 heteroatoms. The van der Waals surface area contributed by atoms with Crippen LogP contribution in [0.25, 0.3) is 0 Å². The molecule has 0 bridgehead atoms. The molecule has 0 aliphatic carbocycles. The van der Waals surface area contributed by atoms with Gasteiger partial charge in [0.25, 0.3) is 0 Å². The maximum absolute atomic E-state index is 12.5. The molecule has 0 radical (unpaired) electrons. The Hall–Kier alpha value is -1.21. The number of nitrogens with one attached hydrogen (secondary N) is 1. The lowest BCUT2D eigenvalue weighted by atomic mass is 9.92. The molecule has 0 saturated carbocycles. The molecular weight excluding hydrogens is 304 g/mol. The molecule has 0 saturated heterocycles. The minimum atomic E-state index is -3.55. The molecular formula is C15H20N2O2S2. The zero-order valence-electron chi connectivity index (χ0n) is 12.2. The van der Waals surface area contributed by atoms with Crippen LogP contribution in [0.3, 0.4) is 0 Å². The number of nitrogens with two attached hydrogens (primary N) is 1. The van der Waals surface area contributed by atoms with Crippen molar-refractivity contribution < 1.29 is 8.42 Å². The summed E-state index contributed by atoms with van der Waals surface area (Å²) in [5.41, 5.74) is 5.99.